The average molecular weight is 447 g/mol. The van der Waals surface area contributed by atoms with E-state index < -0.39 is 0 Å². The third-order valence-corrected chi connectivity index (χ3v) is 5.78. The number of aromatic nitrogens is 6. The van der Waals surface area contributed by atoms with Crippen LogP contribution in [0.1, 0.15) is 5.69 Å². The largest absolute Gasteiger partial charge is 0.497 e. The molecule has 0 spiro atoms. The maximum Gasteiger partial charge on any atom is 0.274 e. The number of ether oxygens (including phenoxy) is 1. The van der Waals surface area contributed by atoms with Crippen LogP contribution >= 0.6 is 11.8 Å². The number of H-pyrrole nitrogens is 1. The normalized spacial score (nSPS) is 11.3. The Balaban J connectivity index is 1.61. The number of para-hydroxylation sites is 1. The standard InChI is InChI=1S/C21H17N7O3S/c1-31-14-6-4-5-13(10-14)27-18(30)15-7-2-3-8-16(15)24-21(27)32-11-12-9-17(29)28-20(23-12)25-19(22)26-28/h2-10H,11H2,1H3,(H3,22,23,25,26). The van der Waals surface area contributed by atoms with Crippen LogP contribution in [-0.4, -0.2) is 36.2 Å². The summed E-state index contributed by atoms with van der Waals surface area (Å²) in [4.78, 5) is 38.8. The number of nitrogen functional groups attached to an aromatic ring is 1. The number of hydrogen-bond acceptors (Lipinski definition) is 8. The molecule has 5 aromatic rings. The van der Waals surface area contributed by atoms with Crippen LogP contribution in [0.5, 0.6) is 5.75 Å². The van der Waals surface area contributed by atoms with E-state index in [1.807, 2.05) is 18.2 Å². The van der Waals surface area contributed by atoms with Crippen LogP contribution in [0.15, 0.2) is 69.3 Å². The van der Waals surface area contributed by atoms with Gasteiger partial charge >= 0.3 is 0 Å². The third-order valence-electron chi connectivity index (χ3n) is 4.81. The fraction of sp³-hybridized carbons (Fsp3) is 0.0952. The highest BCUT2D eigenvalue weighted by Crippen LogP contribution is 2.25. The van der Waals surface area contributed by atoms with Gasteiger partial charge in [0.1, 0.15) is 5.75 Å². The molecule has 0 aliphatic carbocycles. The molecule has 0 aliphatic heterocycles. The Kier molecular flexibility index (Phi) is 4.86. The minimum atomic E-state index is -0.327. The molecule has 11 heteroatoms. The van der Waals surface area contributed by atoms with Crippen LogP contribution in [-0.2, 0) is 5.75 Å². The molecule has 0 saturated carbocycles. The van der Waals surface area contributed by atoms with Crippen molar-refractivity contribution < 1.29 is 4.74 Å². The van der Waals surface area contributed by atoms with Crippen molar-refractivity contribution >= 4 is 34.4 Å². The number of hydrogen-bond donors (Lipinski definition) is 2. The number of nitrogens with one attached hydrogen (secondary N) is 1. The second-order valence-electron chi connectivity index (χ2n) is 6.87. The van der Waals surface area contributed by atoms with E-state index in [1.54, 1.807) is 37.4 Å². The number of aromatic amines is 1. The van der Waals surface area contributed by atoms with Crippen molar-refractivity contribution in [1.82, 2.24) is 29.1 Å². The first-order valence-corrected chi connectivity index (χ1v) is 10.6. The van der Waals surface area contributed by atoms with Crippen LogP contribution in [0, 0.1) is 0 Å². The molecule has 3 heterocycles. The van der Waals surface area contributed by atoms with Crippen LogP contribution in [0.25, 0.3) is 22.4 Å². The Labute approximate surface area is 184 Å². The molecule has 0 fully saturated rings. The molecule has 10 nitrogen and oxygen atoms in total. The Bertz CT molecular complexity index is 1590. The molecule has 0 bridgehead atoms. The topological polar surface area (TPSA) is 133 Å². The lowest BCUT2D eigenvalue weighted by molar-refractivity contribution is 0.414. The summed E-state index contributed by atoms with van der Waals surface area (Å²) in [6.07, 6.45) is 0. The van der Waals surface area contributed by atoms with Gasteiger partial charge in [-0.05, 0) is 24.3 Å². The maximum atomic E-state index is 13.4. The predicted molar refractivity (Wildman–Crippen MR) is 121 cm³/mol. The first-order chi connectivity index (χ1) is 15.5. The van der Waals surface area contributed by atoms with Gasteiger partial charge in [0.2, 0.25) is 5.95 Å². The quantitative estimate of drug-likeness (QED) is 0.309. The Morgan fingerprint density at radius 2 is 1.91 bits per heavy atom. The lowest BCUT2D eigenvalue weighted by Gasteiger charge is -2.14. The van der Waals surface area contributed by atoms with Crippen molar-refractivity contribution in [2.75, 3.05) is 12.8 Å². The number of nitrogens with two attached hydrogens (primary N) is 1. The van der Waals surface area contributed by atoms with Crippen LogP contribution in [0.2, 0.25) is 0 Å². The van der Waals surface area contributed by atoms with Gasteiger partial charge in [0.15, 0.2) is 5.16 Å². The molecule has 0 saturated heterocycles. The van der Waals surface area contributed by atoms with Gasteiger partial charge < -0.3 is 10.5 Å². The molecule has 0 aliphatic rings. The lowest BCUT2D eigenvalue weighted by atomic mass is 10.2. The molecule has 3 N–H and O–H groups in total. The van der Waals surface area contributed by atoms with Crippen LogP contribution in [0.3, 0.4) is 0 Å². The van der Waals surface area contributed by atoms with Crippen molar-refractivity contribution in [3.63, 3.8) is 0 Å². The molecule has 160 valence electrons. The van der Waals surface area contributed by atoms with Gasteiger partial charge in [-0.3, -0.25) is 19.3 Å². The van der Waals surface area contributed by atoms with E-state index in [0.29, 0.717) is 38.9 Å². The van der Waals surface area contributed by atoms with Gasteiger partial charge in [0.25, 0.3) is 16.9 Å². The highest BCUT2D eigenvalue weighted by atomic mass is 32.2. The number of nitrogens with zero attached hydrogens (tertiary/aromatic N) is 5. The van der Waals surface area contributed by atoms with E-state index in [9.17, 15) is 9.59 Å². The fourth-order valence-electron chi connectivity index (χ4n) is 3.34. The molecular weight excluding hydrogens is 430 g/mol. The minimum absolute atomic E-state index is 0.0995. The molecular formula is C21H17N7O3S. The maximum absolute atomic E-state index is 13.4. The number of methoxy groups -OCH3 is 1. The summed E-state index contributed by atoms with van der Waals surface area (Å²) >= 11 is 1.29. The lowest BCUT2D eigenvalue weighted by Crippen LogP contribution is -2.22. The first kappa shape index (κ1) is 19.8. The number of thioether (sulfide) groups is 1. The van der Waals surface area contributed by atoms with Gasteiger partial charge in [-0.2, -0.15) is 9.50 Å². The summed E-state index contributed by atoms with van der Waals surface area (Å²) < 4.78 is 8.02. The van der Waals surface area contributed by atoms with Crippen molar-refractivity contribution in [3.05, 3.63) is 81.0 Å². The van der Waals surface area contributed by atoms with Crippen molar-refractivity contribution in [2.24, 2.45) is 0 Å². The predicted octanol–water partition coefficient (Wildman–Crippen LogP) is 2.00. The van der Waals surface area contributed by atoms with Crippen LogP contribution < -0.4 is 21.6 Å². The van der Waals surface area contributed by atoms with Gasteiger partial charge in [-0.25, -0.2) is 9.97 Å². The smallest absolute Gasteiger partial charge is 0.274 e. The number of rotatable bonds is 5. The molecule has 32 heavy (non-hydrogen) atoms. The fourth-order valence-corrected chi connectivity index (χ4v) is 4.25. The molecule has 2 aromatic carbocycles. The number of anilines is 1. The van der Waals surface area contributed by atoms with E-state index in [-0.39, 0.29) is 22.8 Å². The highest BCUT2D eigenvalue weighted by molar-refractivity contribution is 7.98. The number of benzene rings is 2. The van der Waals surface area contributed by atoms with Gasteiger partial charge in [0, 0.05) is 17.9 Å². The molecule has 5 rings (SSSR count). The SMILES string of the molecule is COc1cccc(-n2c(SCc3cc(=O)n4[nH]c(N)nc4n3)nc3ccccc3c2=O)c1. The zero-order valence-electron chi connectivity index (χ0n) is 16.8. The van der Waals surface area contributed by atoms with E-state index in [1.165, 1.54) is 26.9 Å². The molecule has 3 aromatic heterocycles. The zero-order chi connectivity index (χ0) is 22.2. The first-order valence-electron chi connectivity index (χ1n) is 9.56. The van der Waals surface area contributed by atoms with Gasteiger partial charge in [-0.15, -0.1) is 0 Å². The monoisotopic (exact) mass is 447 g/mol. The second-order valence-corrected chi connectivity index (χ2v) is 7.81. The summed E-state index contributed by atoms with van der Waals surface area (Å²) in [5.74, 6) is 1.20. The summed E-state index contributed by atoms with van der Waals surface area (Å²) in [6, 6.07) is 15.8. The van der Waals surface area contributed by atoms with Gasteiger partial charge in [-0.1, -0.05) is 30.0 Å². The molecule has 0 radical (unpaired) electrons. The van der Waals surface area contributed by atoms with E-state index in [2.05, 4.69) is 15.1 Å². The highest BCUT2D eigenvalue weighted by Gasteiger charge is 2.15. The summed E-state index contributed by atoms with van der Waals surface area (Å²) in [5, 5.41) is 3.60. The molecule has 0 unspecified atom stereocenters. The Hall–Kier alpha value is -4.12. The summed E-state index contributed by atoms with van der Waals surface area (Å²) in [7, 11) is 1.57. The summed E-state index contributed by atoms with van der Waals surface area (Å²) in [5.41, 5.74) is 6.80. The van der Waals surface area contributed by atoms with Gasteiger partial charge in [0.05, 0.1) is 29.4 Å². The van der Waals surface area contributed by atoms with Crippen molar-refractivity contribution in [3.8, 4) is 11.4 Å². The summed E-state index contributed by atoms with van der Waals surface area (Å²) in [6.45, 7) is 0. The average Bonchev–Trinajstić information content (AvgIpc) is 3.18. The zero-order valence-corrected chi connectivity index (χ0v) is 17.7. The van der Waals surface area contributed by atoms with Crippen molar-refractivity contribution in [1.29, 1.82) is 0 Å². The Morgan fingerprint density at radius 1 is 1.06 bits per heavy atom. The second kappa shape index (κ2) is 7.85. The van der Waals surface area contributed by atoms with Crippen molar-refractivity contribution in [2.45, 2.75) is 10.9 Å². The molecule has 0 amide bonds. The van der Waals surface area contributed by atoms with Crippen LogP contribution in [0.4, 0.5) is 5.95 Å². The van der Waals surface area contributed by atoms with E-state index >= 15 is 0 Å². The molecule has 0 atom stereocenters. The Morgan fingerprint density at radius 3 is 2.75 bits per heavy atom. The minimum Gasteiger partial charge on any atom is -0.497 e. The number of fused-ring (bicyclic) bond motifs is 2. The van der Waals surface area contributed by atoms with E-state index in [0.717, 1.165) is 0 Å². The van der Waals surface area contributed by atoms with E-state index in [4.69, 9.17) is 15.5 Å². The third kappa shape index (κ3) is 3.48.